The van der Waals surface area contributed by atoms with E-state index in [1.165, 1.54) is 11.8 Å². The van der Waals surface area contributed by atoms with E-state index in [0.29, 0.717) is 5.69 Å². The zero-order valence-corrected chi connectivity index (χ0v) is 10.8. The number of rotatable bonds is 5. The Labute approximate surface area is 106 Å². The standard InChI is InChI=1S/C10H11BrN2O2S/c11-5-10(15)13-7-3-1-2-4-8(7)16-6-9(12)14/h1-4H,5-6H2,(H2,12,14)(H,13,15). The van der Waals surface area contributed by atoms with Crippen LogP contribution in [0.3, 0.4) is 0 Å². The number of nitrogens with two attached hydrogens (primary N) is 1. The Hall–Kier alpha value is -1.01. The molecule has 0 unspecified atom stereocenters. The van der Waals surface area contributed by atoms with Gasteiger partial charge in [-0.25, -0.2) is 0 Å². The van der Waals surface area contributed by atoms with E-state index in [-0.39, 0.29) is 22.9 Å². The lowest BCUT2D eigenvalue weighted by Gasteiger charge is -2.08. The summed E-state index contributed by atoms with van der Waals surface area (Å²) >= 11 is 4.37. The van der Waals surface area contributed by atoms with Crippen LogP contribution < -0.4 is 11.1 Å². The molecule has 0 aliphatic heterocycles. The first kappa shape index (κ1) is 13.1. The predicted molar refractivity (Wildman–Crippen MR) is 68.8 cm³/mol. The van der Waals surface area contributed by atoms with Gasteiger partial charge in [-0.2, -0.15) is 0 Å². The number of halogens is 1. The van der Waals surface area contributed by atoms with Crippen molar-refractivity contribution < 1.29 is 9.59 Å². The van der Waals surface area contributed by atoms with Crippen LogP contribution in [0, 0.1) is 0 Å². The van der Waals surface area contributed by atoms with Gasteiger partial charge < -0.3 is 11.1 Å². The van der Waals surface area contributed by atoms with Gasteiger partial charge in [0.25, 0.3) is 0 Å². The topological polar surface area (TPSA) is 72.2 Å². The van der Waals surface area contributed by atoms with Crippen LogP contribution >= 0.6 is 27.7 Å². The third-order valence-electron chi connectivity index (χ3n) is 1.65. The van der Waals surface area contributed by atoms with Gasteiger partial charge in [0.1, 0.15) is 0 Å². The van der Waals surface area contributed by atoms with Gasteiger partial charge in [-0.05, 0) is 12.1 Å². The number of alkyl halides is 1. The second kappa shape index (κ2) is 6.55. The number of para-hydroxylation sites is 1. The van der Waals surface area contributed by atoms with Gasteiger partial charge in [0.15, 0.2) is 0 Å². The fourth-order valence-corrected chi connectivity index (χ4v) is 1.92. The molecule has 0 aliphatic rings. The third kappa shape index (κ3) is 4.24. The molecule has 0 fully saturated rings. The van der Waals surface area contributed by atoms with Crippen molar-refractivity contribution in [3.05, 3.63) is 24.3 Å². The van der Waals surface area contributed by atoms with E-state index in [4.69, 9.17) is 5.73 Å². The second-order valence-corrected chi connectivity index (χ2v) is 4.51. The largest absolute Gasteiger partial charge is 0.369 e. The smallest absolute Gasteiger partial charge is 0.235 e. The molecule has 1 aromatic rings. The molecule has 0 radical (unpaired) electrons. The lowest BCUT2D eigenvalue weighted by atomic mass is 10.3. The van der Waals surface area contributed by atoms with Crippen molar-refractivity contribution in [3.63, 3.8) is 0 Å². The Morgan fingerprint density at radius 3 is 2.69 bits per heavy atom. The average molecular weight is 303 g/mol. The van der Waals surface area contributed by atoms with Crippen LogP contribution in [-0.2, 0) is 9.59 Å². The summed E-state index contributed by atoms with van der Waals surface area (Å²) in [6.07, 6.45) is 0. The second-order valence-electron chi connectivity index (χ2n) is 2.93. The van der Waals surface area contributed by atoms with Crippen molar-refractivity contribution in [1.29, 1.82) is 0 Å². The number of hydrogen-bond acceptors (Lipinski definition) is 3. The summed E-state index contributed by atoms with van der Waals surface area (Å²) in [6.45, 7) is 0. The molecule has 0 spiro atoms. The minimum atomic E-state index is -0.383. The highest BCUT2D eigenvalue weighted by atomic mass is 79.9. The summed E-state index contributed by atoms with van der Waals surface area (Å²) in [6, 6.07) is 7.27. The Kier molecular flexibility index (Phi) is 5.34. The molecule has 0 bridgehead atoms. The molecule has 16 heavy (non-hydrogen) atoms. The molecule has 1 rings (SSSR count). The summed E-state index contributed by atoms with van der Waals surface area (Å²) < 4.78 is 0. The molecule has 86 valence electrons. The Bertz CT molecular complexity index is 398. The van der Waals surface area contributed by atoms with Gasteiger partial charge in [0.2, 0.25) is 11.8 Å². The maximum Gasteiger partial charge on any atom is 0.235 e. The monoisotopic (exact) mass is 302 g/mol. The van der Waals surface area contributed by atoms with E-state index in [9.17, 15) is 9.59 Å². The zero-order chi connectivity index (χ0) is 12.0. The summed E-state index contributed by atoms with van der Waals surface area (Å²) in [5.41, 5.74) is 5.76. The van der Waals surface area contributed by atoms with Crippen molar-refractivity contribution >= 4 is 45.2 Å². The highest BCUT2D eigenvalue weighted by molar-refractivity contribution is 9.09. The summed E-state index contributed by atoms with van der Waals surface area (Å²) in [5.74, 6) is -0.319. The van der Waals surface area contributed by atoms with Crippen LogP contribution in [0.1, 0.15) is 0 Å². The Morgan fingerprint density at radius 1 is 1.38 bits per heavy atom. The molecular weight excluding hydrogens is 292 g/mol. The number of amides is 2. The Morgan fingerprint density at radius 2 is 2.06 bits per heavy atom. The minimum Gasteiger partial charge on any atom is -0.369 e. The number of primary amides is 1. The molecule has 0 atom stereocenters. The highest BCUT2D eigenvalue weighted by Gasteiger charge is 2.06. The summed E-state index contributed by atoms with van der Waals surface area (Å²) in [5, 5.41) is 2.96. The average Bonchev–Trinajstić information content (AvgIpc) is 2.27. The van der Waals surface area contributed by atoms with Crippen LogP contribution in [0.15, 0.2) is 29.2 Å². The first-order valence-electron chi connectivity index (χ1n) is 4.49. The van der Waals surface area contributed by atoms with Crippen molar-refractivity contribution in [3.8, 4) is 0 Å². The van der Waals surface area contributed by atoms with Crippen LogP contribution in [0.4, 0.5) is 5.69 Å². The highest BCUT2D eigenvalue weighted by Crippen LogP contribution is 2.26. The quantitative estimate of drug-likeness (QED) is 0.641. The van der Waals surface area contributed by atoms with E-state index in [1.54, 1.807) is 6.07 Å². The fraction of sp³-hybridized carbons (Fsp3) is 0.200. The van der Waals surface area contributed by atoms with Crippen molar-refractivity contribution in [1.82, 2.24) is 0 Å². The third-order valence-corrected chi connectivity index (χ3v) is 3.26. The van der Waals surface area contributed by atoms with E-state index < -0.39 is 0 Å². The lowest BCUT2D eigenvalue weighted by Crippen LogP contribution is -2.15. The number of carbonyl (C=O) groups is 2. The van der Waals surface area contributed by atoms with Crippen molar-refractivity contribution in [2.75, 3.05) is 16.4 Å². The number of nitrogens with one attached hydrogen (secondary N) is 1. The molecule has 0 heterocycles. The minimum absolute atomic E-state index is 0.132. The maximum absolute atomic E-state index is 11.2. The maximum atomic E-state index is 11.2. The molecule has 0 saturated carbocycles. The van der Waals surface area contributed by atoms with Gasteiger partial charge >= 0.3 is 0 Å². The Balaban J connectivity index is 2.74. The molecule has 0 saturated heterocycles. The SMILES string of the molecule is NC(=O)CSc1ccccc1NC(=O)CBr. The van der Waals surface area contributed by atoms with Crippen molar-refractivity contribution in [2.24, 2.45) is 5.73 Å². The van der Waals surface area contributed by atoms with Gasteiger partial charge in [-0.15, -0.1) is 11.8 Å². The fourth-order valence-electron chi connectivity index (χ4n) is 1.03. The lowest BCUT2D eigenvalue weighted by molar-refractivity contribution is -0.115. The first-order valence-corrected chi connectivity index (χ1v) is 6.60. The molecule has 4 nitrogen and oxygen atoms in total. The zero-order valence-electron chi connectivity index (χ0n) is 8.40. The number of benzene rings is 1. The molecular formula is C10H11BrN2O2S. The van der Waals surface area contributed by atoms with Crippen LogP contribution in [0.5, 0.6) is 0 Å². The molecule has 1 aromatic carbocycles. The molecule has 6 heteroatoms. The molecule has 0 aliphatic carbocycles. The number of thioether (sulfide) groups is 1. The van der Waals surface area contributed by atoms with Crippen LogP contribution in [0.2, 0.25) is 0 Å². The summed E-state index contributed by atoms with van der Waals surface area (Å²) in [7, 11) is 0. The normalized spacial score (nSPS) is 9.81. The van der Waals surface area contributed by atoms with E-state index >= 15 is 0 Å². The van der Waals surface area contributed by atoms with Crippen LogP contribution in [-0.4, -0.2) is 22.9 Å². The van der Waals surface area contributed by atoms with Gasteiger partial charge in [-0.1, -0.05) is 28.1 Å². The molecule has 3 N–H and O–H groups in total. The number of anilines is 1. The number of hydrogen-bond donors (Lipinski definition) is 2. The van der Waals surface area contributed by atoms with Gasteiger partial charge in [0, 0.05) is 4.90 Å². The van der Waals surface area contributed by atoms with Crippen molar-refractivity contribution in [2.45, 2.75) is 4.90 Å². The number of carbonyl (C=O) groups excluding carboxylic acids is 2. The summed E-state index contributed by atoms with van der Waals surface area (Å²) in [4.78, 5) is 22.7. The van der Waals surface area contributed by atoms with E-state index in [0.717, 1.165) is 4.90 Å². The van der Waals surface area contributed by atoms with Crippen LogP contribution in [0.25, 0.3) is 0 Å². The first-order chi connectivity index (χ1) is 7.63. The van der Waals surface area contributed by atoms with Gasteiger partial charge in [-0.3, -0.25) is 9.59 Å². The predicted octanol–water partition coefficient (Wildman–Crippen LogP) is 1.60. The van der Waals surface area contributed by atoms with E-state index in [2.05, 4.69) is 21.2 Å². The van der Waals surface area contributed by atoms with Gasteiger partial charge in [0.05, 0.1) is 16.8 Å². The molecule has 2 amide bonds. The molecule has 0 aromatic heterocycles. The van der Waals surface area contributed by atoms with E-state index in [1.807, 2.05) is 18.2 Å².